The lowest BCUT2D eigenvalue weighted by Crippen LogP contribution is -2.52. The van der Waals surface area contributed by atoms with Crippen molar-refractivity contribution in [3.63, 3.8) is 0 Å². The van der Waals surface area contributed by atoms with Crippen LogP contribution < -0.4 is 5.32 Å². The standard InChI is InChI=1S/C13H25NO/c1-3-10-14-12(11-6-7-11)13(15-2)8-4-5-9-13/h11-12,14H,3-10H2,1-2H3. The van der Waals surface area contributed by atoms with Gasteiger partial charge in [0.2, 0.25) is 0 Å². The first-order valence-electron chi connectivity index (χ1n) is 6.61. The van der Waals surface area contributed by atoms with Crippen LogP contribution in [-0.4, -0.2) is 25.3 Å². The molecule has 0 heterocycles. The molecule has 0 radical (unpaired) electrons. The molecule has 0 aromatic rings. The van der Waals surface area contributed by atoms with E-state index in [9.17, 15) is 0 Å². The van der Waals surface area contributed by atoms with Gasteiger partial charge in [-0.1, -0.05) is 19.8 Å². The van der Waals surface area contributed by atoms with E-state index in [4.69, 9.17) is 4.74 Å². The van der Waals surface area contributed by atoms with Crippen LogP contribution in [0.2, 0.25) is 0 Å². The van der Waals surface area contributed by atoms with E-state index in [0.717, 1.165) is 12.5 Å². The van der Waals surface area contributed by atoms with Crippen molar-refractivity contribution in [1.29, 1.82) is 0 Å². The Balaban J connectivity index is 2.00. The van der Waals surface area contributed by atoms with Crippen molar-refractivity contribution in [2.75, 3.05) is 13.7 Å². The summed E-state index contributed by atoms with van der Waals surface area (Å²) in [5.41, 5.74) is 0.177. The van der Waals surface area contributed by atoms with Gasteiger partial charge in [0, 0.05) is 13.2 Å². The maximum Gasteiger partial charge on any atom is 0.0833 e. The van der Waals surface area contributed by atoms with Gasteiger partial charge in [-0.25, -0.2) is 0 Å². The minimum Gasteiger partial charge on any atom is -0.377 e. The van der Waals surface area contributed by atoms with Crippen LogP contribution in [-0.2, 0) is 4.74 Å². The second kappa shape index (κ2) is 4.84. The Morgan fingerprint density at radius 1 is 1.33 bits per heavy atom. The SMILES string of the molecule is CCCNC(C1CC1)C1(OC)CCCC1. The fourth-order valence-corrected chi connectivity index (χ4v) is 3.13. The minimum atomic E-state index is 0.177. The normalized spacial score (nSPS) is 26.8. The lowest BCUT2D eigenvalue weighted by atomic mass is 9.88. The van der Waals surface area contributed by atoms with Crippen molar-refractivity contribution in [3.8, 4) is 0 Å². The molecule has 2 heteroatoms. The lowest BCUT2D eigenvalue weighted by Gasteiger charge is -2.37. The van der Waals surface area contributed by atoms with Gasteiger partial charge >= 0.3 is 0 Å². The molecule has 0 saturated heterocycles. The molecule has 1 unspecified atom stereocenters. The summed E-state index contributed by atoms with van der Waals surface area (Å²) < 4.78 is 5.90. The molecular weight excluding hydrogens is 186 g/mol. The average molecular weight is 211 g/mol. The van der Waals surface area contributed by atoms with Gasteiger partial charge in [0.05, 0.1) is 5.60 Å². The summed E-state index contributed by atoms with van der Waals surface area (Å²) in [6.07, 6.45) is 9.28. The van der Waals surface area contributed by atoms with E-state index >= 15 is 0 Å². The van der Waals surface area contributed by atoms with Crippen molar-refractivity contribution in [3.05, 3.63) is 0 Å². The van der Waals surface area contributed by atoms with Crippen LogP contribution in [0.4, 0.5) is 0 Å². The number of ether oxygens (including phenoxy) is 1. The van der Waals surface area contributed by atoms with E-state index in [1.165, 1.54) is 44.9 Å². The summed E-state index contributed by atoms with van der Waals surface area (Å²) >= 11 is 0. The van der Waals surface area contributed by atoms with E-state index in [2.05, 4.69) is 12.2 Å². The number of rotatable bonds is 6. The molecule has 0 aromatic carbocycles. The smallest absolute Gasteiger partial charge is 0.0833 e. The number of hydrogen-bond donors (Lipinski definition) is 1. The fraction of sp³-hybridized carbons (Fsp3) is 1.00. The first-order valence-corrected chi connectivity index (χ1v) is 6.61. The van der Waals surface area contributed by atoms with Gasteiger partial charge in [-0.15, -0.1) is 0 Å². The predicted molar refractivity (Wildman–Crippen MR) is 63.0 cm³/mol. The van der Waals surface area contributed by atoms with Gasteiger partial charge < -0.3 is 10.1 Å². The van der Waals surface area contributed by atoms with Crippen LogP contribution in [0.25, 0.3) is 0 Å². The quantitative estimate of drug-likeness (QED) is 0.729. The third kappa shape index (κ3) is 2.36. The number of nitrogens with one attached hydrogen (secondary N) is 1. The Hall–Kier alpha value is -0.0800. The zero-order valence-electron chi connectivity index (χ0n) is 10.2. The number of hydrogen-bond acceptors (Lipinski definition) is 2. The Bertz CT molecular complexity index is 195. The van der Waals surface area contributed by atoms with E-state index < -0.39 is 0 Å². The predicted octanol–water partition coefficient (Wildman–Crippen LogP) is 2.72. The molecule has 0 aliphatic heterocycles. The molecule has 0 spiro atoms. The molecule has 0 bridgehead atoms. The van der Waals surface area contributed by atoms with Crippen molar-refractivity contribution < 1.29 is 4.74 Å². The second-order valence-electron chi connectivity index (χ2n) is 5.25. The summed E-state index contributed by atoms with van der Waals surface area (Å²) in [6.45, 7) is 3.39. The highest BCUT2D eigenvalue weighted by Crippen LogP contribution is 2.45. The van der Waals surface area contributed by atoms with Gasteiger partial charge in [-0.05, 0) is 44.6 Å². The molecule has 1 atom stereocenters. The molecule has 15 heavy (non-hydrogen) atoms. The van der Waals surface area contributed by atoms with Crippen LogP contribution in [0.5, 0.6) is 0 Å². The van der Waals surface area contributed by atoms with Crippen molar-refractivity contribution in [2.24, 2.45) is 5.92 Å². The van der Waals surface area contributed by atoms with Crippen molar-refractivity contribution in [1.82, 2.24) is 5.32 Å². The van der Waals surface area contributed by atoms with E-state index in [1.54, 1.807) is 0 Å². The highest BCUT2D eigenvalue weighted by molar-refractivity contribution is 5.03. The Morgan fingerprint density at radius 2 is 2.00 bits per heavy atom. The van der Waals surface area contributed by atoms with Crippen molar-refractivity contribution >= 4 is 0 Å². The zero-order chi connectivity index (χ0) is 10.7. The highest BCUT2D eigenvalue weighted by Gasteiger charge is 2.47. The summed E-state index contributed by atoms with van der Waals surface area (Å²) in [4.78, 5) is 0. The molecule has 2 fully saturated rings. The van der Waals surface area contributed by atoms with Crippen molar-refractivity contribution in [2.45, 2.75) is 63.5 Å². The van der Waals surface area contributed by atoms with E-state index in [-0.39, 0.29) is 5.60 Å². The monoisotopic (exact) mass is 211 g/mol. The third-order valence-corrected chi connectivity index (χ3v) is 4.13. The van der Waals surface area contributed by atoms with Gasteiger partial charge in [-0.3, -0.25) is 0 Å². The average Bonchev–Trinajstić information content (AvgIpc) is 2.97. The first-order chi connectivity index (χ1) is 7.32. The van der Waals surface area contributed by atoms with Gasteiger partial charge in [0.25, 0.3) is 0 Å². The molecule has 1 N–H and O–H groups in total. The molecule has 0 aromatic heterocycles. The minimum absolute atomic E-state index is 0.177. The number of methoxy groups -OCH3 is 1. The zero-order valence-corrected chi connectivity index (χ0v) is 10.2. The molecule has 0 amide bonds. The van der Waals surface area contributed by atoms with Crippen LogP contribution in [0, 0.1) is 5.92 Å². The fourth-order valence-electron chi connectivity index (χ4n) is 3.13. The van der Waals surface area contributed by atoms with Gasteiger partial charge in [0.1, 0.15) is 0 Å². The summed E-state index contributed by atoms with van der Waals surface area (Å²) in [6, 6.07) is 0.630. The Morgan fingerprint density at radius 3 is 2.47 bits per heavy atom. The van der Waals surface area contributed by atoms with E-state index in [1.807, 2.05) is 7.11 Å². The van der Waals surface area contributed by atoms with Crippen LogP contribution in [0.3, 0.4) is 0 Å². The molecule has 2 aliphatic rings. The summed E-state index contributed by atoms with van der Waals surface area (Å²) in [7, 11) is 1.91. The van der Waals surface area contributed by atoms with Gasteiger partial charge in [0.15, 0.2) is 0 Å². The Kier molecular flexibility index (Phi) is 3.68. The maximum absolute atomic E-state index is 5.90. The topological polar surface area (TPSA) is 21.3 Å². The lowest BCUT2D eigenvalue weighted by molar-refractivity contribution is -0.0415. The van der Waals surface area contributed by atoms with Gasteiger partial charge in [-0.2, -0.15) is 0 Å². The second-order valence-corrected chi connectivity index (χ2v) is 5.25. The van der Waals surface area contributed by atoms with Crippen LogP contribution >= 0.6 is 0 Å². The molecule has 2 nitrogen and oxygen atoms in total. The molecule has 2 rings (SSSR count). The molecule has 88 valence electrons. The third-order valence-electron chi connectivity index (χ3n) is 4.13. The largest absolute Gasteiger partial charge is 0.377 e. The molecule has 2 aliphatic carbocycles. The molecule has 2 saturated carbocycles. The van der Waals surface area contributed by atoms with Crippen LogP contribution in [0.15, 0.2) is 0 Å². The van der Waals surface area contributed by atoms with E-state index in [0.29, 0.717) is 6.04 Å². The summed E-state index contributed by atoms with van der Waals surface area (Å²) in [5, 5.41) is 3.74. The highest BCUT2D eigenvalue weighted by atomic mass is 16.5. The summed E-state index contributed by atoms with van der Waals surface area (Å²) in [5.74, 6) is 0.898. The molecular formula is C13H25NO. The van der Waals surface area contributed by atoms with Crippen LogP contribution in [0.1, 0.15) is 51.9 Å². The maximum atomic E-state index is 5.90. The first kappa shape index (κ1) is 11.4. The Labute approximate surface area is 93.8 Å².